The molecule has 0 spiro atoms. The fraction of sp³-hybridized carbons (Fsp3) is 0.333. The van der Waals surface area contributed by atoms with Gasteiger partial charge in [0, 0.05) is 6.92 Å². The Bertz CT molecular complexity index is 76.2. The number of hydrogen-bond donors (Lipinski definition) is 1. The van der Waals surface area contributed by atoms with Crippen LogP contribution in [0.25, 0.3) is 0 Å². The van der Waals surface area contributed by atoms with Gasteiger partial charge in [0.2, 0.25) is 5.78 Å². The van der Waals surface area contributed by atoms with E-state index in [1.807, 2.05) is 0 Å². The van der Waals surface area contributed by atoms with Gasteiger partial charge in [-0.25, -0.2) is 4.79 Å². The van der Waals surface area contributed by atoms with Gasteiger partial charge in [-0.2, -0.15) is 0 Å². The maximum atomic E-state index is 9.54. The molecule has 0 aliphatic heterocycles. The van der Waals surface area contributed by atoms with Crippen molar-refractivity contribution in [3.63, 3.8) is 0 Å². The van der Waals surface area contributed by atoms with E-state index in [9.17, 15) is 9.59 Å². The molecular weight excluding hydrogens is 217 g/mol. The van der Waals surface area contributed by atoms with Gasteiger partial charge in [0.05, 0.1) is 0 Å². The molecule has 0 bridgehead atoms. The standard InChI is InChI=1S/C3H4O3.Cs.H/c1-2(4)3(5)6;;/h1H3,(H,5,6);;. The van der Waals surface area contributed by atoms with E-state index in [4.69, 9.17) is 5.11 Å². The fourth-order valence-corrected chi connectivity index (χ4v) is 0. The average Bonchev–Trinajstić information content (AvgIpc) is 1.36. The zero-order chi connectivity index (χ0) is 5.15. The molecule has 1 N–H and O–H groups in total. The molecule has 0 fully saturated rings. The van der Waals surface area contributed by atoms with Crippen molar-refractivity contribution in [3.05, 3.63) is 0 Å². The van der Waals surface area contributed by atoms with E-state index >= 15 is 0 Å². The third-order valence-electron chi connectivity index (χ3n) is 0.301. The molecule has 0 unspecified atom stereocenters. The Morgan fingerprint density at radius 2 is 1.57 bits per heavy atom. The van der Waals surface area contributed by atoms with Crippen LogP contribution >= 0.6 is 0 Å². The van der Waals surface area contributed by atoms with Crippen LogP contribution in [0.1, 0.15) is 6.92 Å². The third kappa shape index (κ3) is 7.19. The normalized spacial score (nSPS) is 6.43. The minimum absolute atomic E-state index is 0. The first-order valence-corrected chi connectivity index (χ1v) is 1.38. The van der Waals surface area contributed by atoms with Crippen LogP contribution < -0.4 is 0 Å². The zero-order valence-corrected chi connectivity index (χ0v) is 3.26. The molecule has 0 aromatic heterocycles. The van der Waals surface area contributed by atoms with Gasteiger partial charge in [0.15, 0.2) is 0 Å². The summed E-state index contributed by atoms with van der Waals surface area (Å²) in [4.78, 5) is 18.9. The van der Waals surface area contributed by atoms with E-state index in [-0.39, 0.29) is 68.9 Å². The van der Waals surface area contributed by atoms with Gasteiger partial charge >= 0.3 is 74.9 Å². The number of carboxylic acid groups (broad SMARTS) is 1. The first-order valence-electron chi connectivity index (χ1n) is 1.38. The number of carbonyl (C=O) groups excluding carboxylic acids is 1. The molecule has 0 aromatic rings. The van der Waals surface area contributed by atoms with Gasteiger partial charge < -0.3 is 5.11 Å². The average molecular weight is 222 g/mol. The molecular formula is C3H5CsO3. The van der Waals surface area contributed by atoms with Gasteiger partial charge in [-0.15, -0.1) is 0 Å². The van der Waals surface area contributed by atoms with Crippen molar-refractivity contribution in [2.24, 2.45) is 0 Å². The van der Waals surface area contributed by atoms with Gasteiger partial charge in [0.1, 0.15) is 0 Å². The second kappa shape index (κ2) is 5.33. The van der Waals surface area contributed by atoms with Crippen LogP contribution in [-0.4, -0.2) is 85.8 Å². The summed E-state index contributed by atoms with van der Waals surface area (Å²) in [5.74, 6) is -2.20. The number of carbonyl (C=O) groups is 2. The van der Waals surface area contributed by atoms with Crippen LogP contribution in [0.3, 0.4) is 0 Å². The van der Waals surface area contributed by atoms with Crippen molar-refractivity contribution in [2.45, 2.75) is 6.92 Å². The predicted octanol–water partition coefficient (Wildman–Crippen LogP) is -0.989. The van der Waals surface area contributed by atoms with Crippen molar-refractivity contribution in [3.8, 4) is 0 Å². The van der Waals surface area contributed by atoms with Crippen LogP contribution in [0.2, 0.25) is 0 Å². The SMILES string of the molecule is CC(=O)C(=O)O.[CsH]. The summed E-state index contributed by atoms with van der Waals surface area (Å²) >= 11 is 0. The van der Waals surface area contributed by atoms with Crippen LogP contribution in [-0.2, 0) is 9.59 Å². The molecule has 4 heteroatoms. The van der Waals surface area contributed by atoms with Crippen molar-refractivity contribution < 1.29 is 14.7 Å². The molecule has 0 rings (SSSR count). The van der Waals surface area contributed by atoms with Gasteiger partial charge in [-0.1, -0.05) is 0 Å². The maximum absolute atomic E-state index is 9.54. The van der Waals surface area contributed by atoms with Gasteiger partial charge in [-0.05, 0) is 0 Å². The number of ketones is 1. The number of carboxylic acids is 1. The van der Waals surface area contributed by atoms with E-state index in [0.717, 1.165) is 6.92 Å². The number of rotatable bonds is 1. The van der Waals surface area contributed by atoms with E-state index in [1.54, 1.807) is 0 Å². The van der Waals surface area contributed by atoms with Gasteiger partial charge in [-0.3, -0.25) is 4.79 Å². The van der Waals surface area contributed by atoms with Crippen LogP contribution in [0.5, 0.6) is 0 Å². The van der Waals surface area contributed by atoms with Crippen molar-refractivity contribution in [1.82, 2.24) is 0 Å². The van der Waals surface area contributed by atoms with E-state index in [1.165, 1.54) is 0 Å². The van der Waals surface area contributed by atoms with Crippen molar-refractivity contribution >= 4 is 80.6 Å². The summed E-state index contributed by atoms with van der Waals surface area (Å²) in [6.07, 6.45) is 0. The molecule has 0 atom stereocenters. The molecule has 3 nitrogen and oxygen atoms in total. The summed E-state index contributed by atoms with van der Waals surface area (Å²) < 4.78 is 0. The molecule has 0 aromatic carbocycles. The molecule has 0 heterocycles. The molecule has 0 amide bonds. The third-order valence-corrected chi connectivity index (χ3v) is 0.301. The van der Waals surface area contributed by atoms with Crippen LogP contribution in [0.4, 0.5) is 0 Å². The van der Waals surface area contributed by atoms with Crippen molar-refractivity contribution in [2.75, 3.05) is 0 Å². The number of Topliss-reactive ketones (excluding diaryl/α,β-unsaturated/α-hetero) is 1. The second-order valence-electron chi connectivity index (χ2n) is 0.861. The number of hydrogen-bond acceptors (Lipinski definition) is 2. The first kappa shape index (κ1) is 11.1. The van der Waals surface area contributed by atoms with E-state index in [2.05, 4.69) is 0 Å². The summed E-state index contributed by atoms with van der Waals surface area (Å²) in [5.41, 5.74) is 0. The molecule has 0 aliphatic rings. The first-order chi connectivity index (χ1) is 2.64. The van der Waals surface area contributed by atoms with E-state index in [0.29, 0.717) is 0 Å². The van der Waals surface area contributed by atoms with Gasteiger partial charge in [0.25, 0.3) is 0 Å². The Morgan fingerprint density at radius 1 is 1.43 bits per heavy atom. The molecule has 0 aliphatic carbocycles. The Hall–Kier alpha value is 1.19. The quantitative estimate of drug-likeness (QED) is 0.579. The zero-order valence-electron chi connectivity index (χ0n) is 3.26. The Morgan fingerprint density at radius 3 is 1.57 bits per heavy atom. The monoisotopic (exact) mass is 222 g/mol. The van der Waals surface area contributed by atoms with Crippen molar-refractivity contribution in [1.29, 1.82) is 0 Å². The predicted molar refractivity (Wildman–Crippen MR) is 25.5 cm³/mol. The Kier molecular flexibility index (Phi) is 8.42. The molecule has 0 saturated heterocycles. The fourth-order valence-electron chi connectivity index (χ4n) is 0. The molecule has 7 heavy (non-hydrogen) atoms. The van der Waals surface area contributed by atoms with E-state index < -0.39 is 11.8 Å². The minimum atomic E-state index is -1.38. The molecule has 0 saturated carbocycles. The van der Waals surface area contributed by atoms with Crippen LogP contribution in [0.15, 0.2) is 0 Å². The topological polar surface area (TPSA) is 54.4 Å². The Labute approximate surface area is 99.9 Å². The summed E-state index contributed by atoms with van der Waals surface area (Å²) in [5, 5.41) is 7.64. The molecule has 36 valence electrons. The Balaban J connectivity index is 0. The summed E-state index contributed by atoms with van der Waals surface area (Å²) in [7, 11) is 0. The molecule has 0 radical (unpaired) electrons. The summed E-state index contributed by atoms with van der Waals surface area (Å²) in [6.45, 7) is 1.00. The summed E-state index contributed by atoms with van der Waals surface area (Å²) in [6, 6.07) is 0. The number of aliphatic carboxylic acids is 1. The van der Waals surface area contributed by atoms with Crippen LogP contribution in [0, 0.1) is 0 Å². The second-order valence-corrected chi connectivity index (χ2v) is 0.861.